The van der Waals surface area contributed by atoms with Crippen LogP contribution in [0.5, 0.6) is 0 Å². The van der Waals surface area contributed by atoms with Crippen molar-refractivity contribution in [3.05, 3.63) is 41.5 Å². The molecule has 1 aliphatic carbocycles. The number of hydrogen-bond donors (Lipinski definition) is 1. The van der Waals surface area contributed by atoms with E-state index in [9.17, 15) is 9.59 Å². The van der Waals surface area contributed by atoms with Crippen LogP contribution in [0, 0.1) is 0 Å². The average Bonchev–Trinajstić information content (AvgIpc) is 3.43. The molecule has 27 heavy (non-hydrogen) atoms. The molecule has 2 amide bonds. The molecule has 5 nitrogen and oxygen atoms in total. The summed E-state index contributed by atoms with van der Waals surface area (Å²) in [7, 11) is 0. The monoisotopic (exact) mass is 369 g/mol. The van der Waals surface area contributed by atoms with Gasteiger partial charge in [-0.1, -0.05) is 45.0 Å². The maximum atomic E-state index is 12.4. The van der Waals surface area contributed by atoms with Crippen LogP contribution >= 0.6 is 0 Å². The van der Waals surface area contributed by atoms with Crippen molar-refractivity contribution in [1.29, 1.82) is 0 Å². The molecule has 1 heterocycles. The Labute approximate surface area is 162 Å². The summed E-state index contributed by atoms with van der Waals surface area (Å²) in [5.74, 6) is 0.146. The molecule has 1 N–H and O–H groups in total. The van der Waals surface area contributed by atoms with Crippen molar-refractivity contribution in [3.8, 4) is 0 Å². The Kier molecular flexibility index (Phi) is 6.00. The second kappa shape index (κ2) is 8.26. The van der Waals surface area contributed by atoms with Gasteiger partial charge < -0.3 is 10.2 Å². The second-order valence-electron chi connectivity index (χ2n) is 8.65. The van der Waals surface area contributed by atoms with Gasteiger partial charge in [-0.3, -0.25) is 14.5 Å². The third-order valence-electron chi connectivity index (χ3n) is 5.19. The fraction of sp³-hybridized carbons (Fsp3) is 0.545. The molecule has 0 atom stereocenters. The van der Waals surface area contributed by atoms with Crippen LogP contribution in [0.1, 0.15) is 44.7 Å². The van der Waals surface area contributed by atoms with Gasteiger partial charge >= 0.3 is 0 Å². The highest BCUT2D eigenvalue weighted by atomic mass is 16.2. The summed E-state index contributed by atoms with van der Waals surface area (Å²) >= 11 is 0. The Morgan fingerprint density at radius 1 is 1.07 bits per heavy atom. The molecule has 3 rings (SSSR count). The summed E-state index contributed by atoms with van der Waals surface area (Å²) in [6.45, 7) is 9.85. The van der Waals surface area contributed by atoms with E-state index in [1.165, 1.54) is 5.56 Å². The minimum absolute atomic E-state index is 0.0389. The van der Waals surface area contributed by atoms with Crippen molar-refractivity contribution in [2.75, 3.05) is 32.7 Å². The average molecular weight is 370 g/mol. The molecule has 146 valence electrons. The lowest BCUT2D eigenvalue weighted by Crippen LogP contribution is -2.51. The summed E-state index contributed by atoms with van der Waals surface area (Å²) in [5, 5.41) is 3.01. The first-order valence-corrected chi connectivity index (χ1v) is 9.90. The molecular formula is C22H31N3O2. The van der Waals surface area contributed by atoms with E-state index in [1.54, 1.807) is 6.08 Å². The summed E-state index contributed by atoms with van der Waals surface area (Å²) in [5.41, 5.74) is 2.45. The number of piperazine rings is 1. The highest BCUT2D eigenvalue weighted by Crippen LogP contribution is 2.22. The van der Waals surface area contributed by atoms with Gasteiger partial charge in [0.1, 0.15) is 0 Å². The van der Waals surface area contributed by atoms with Crippen molar-refractivity contribution >= 4 is 17.9 Å². The summed E-state index contributed by atoms with van der Waals surface area (Å²) in [6, 6.07) is 8.76. The molecule has 0 spiro atoms. The molecule has 0 bridgehead atoms. The number of carbonyl (C=O) groups is 2. The molecule has 1 aromatic carbocycles. The zero-order valence-electron chi connectivity index (χ0n) is 16.7. The lowest BCUT2D eigenvalue weighted by molar-refractivity contribution is -0.128. The molecule has 0 unspecified atom stereocenters. The van der Waals surface area contributed by atoms with Gasteiger partial charge in [0.15, 0.2) is 0 Å². The minimum Gasteiger partial charge on any atom is -0.352 e. The zero-order valence-corrected chi connectivity index (χ0v) is 16.7. The summed E-state index contributed by atoms with van der Waals surface area (Å²) in [6.07, 6.45) is 5.75. The SMILES string of the molecule is CC(C)(C)c1ccc(/C=C\C(=O)N2CCN(CC(=O)NC3CC3)CC2)cc1. The predicted octanol–water partition coefficient (Wildman–Crippen LogP) is 2.42. The first-order chi connectivity index (χ1) is 12.8. The first-order valence-electron chi connectivity index (χ1n) is 9.90. The van der Waals surface area contributed by atoms with E-state index in [-0.39, 0.29) is 17.2 Å². The number of carbonyl (C=O) groups excluding carboxylic acids is 2. The van der Waals surface area contributed by atoms with E-state index >= 15 is 0 Å². The van der Waals surface area contributed by atoms with E-state index in [0.717, 1.165) is 31.5 Å². The van der Waals surface area contributed by atoms with Gasteiger partial charge in [0.25, 0.3) is 0 Å². The Bertz CT molecular complexity index is 691. The van der Waals surface area contributed by atoms with Gasteiger partial charge in [0, 0.05) is 38.3 Å². The van der Waals surface area contributed by atoms with Gasteiger partial charge in [-0.05, 0) is 35.5 Å². The highest BCUT2D eigenvalue weighted by Gasteiger charge is 2.25. The van der Waals surface area contributed by atoms with Crippen molar-refractivity contribution in [2.24, 2.45) is 0 Å². The molecule has 2 aliphatic rings. The van der Waals surface area contributed by atoms with Crippen LogP contribution in [-0.4, -0.2) is 60.4 Å². The lowest BCUT2D eigenvalue weighted by atomic mass is 9.87. The minimum atomic E-state index is 0.0389. The first kappa shape index (κ1) is 19.6. The second-order valence-corrected chi connectivity index (χ2v) is 8.65. The molecular weight excluding hydrogens is 338 g/mol. The number of nitrogens with one attached hydrogen (secondary N) is 1. The third-order valence-corrected chi connectivity index (χ3v) is 5.19. The van der Waals surface area contributed by atoms with Crippen LogP contribution < -0.4 is 5.32 Å². The largest absolute Gasteiger partial charge is 0.352 e. The van der Waals surface area contributed by atoms with Gasteiger partial charge in [-0.25, -0.2) is 0 Å². The Morgan fingerprint density at radius 2 is 1.70 bits per heavy atom. The third kappa shape index (κ3) is 5.93. The molecule has 0 radical (unpaired) electrons. The van der Waals surface area contributed by atoms with Crippen molar-refractivity contribution < 1.29 is 9.59 Å². The van der Waals surface area contributed by atoms with E-state index in [4.69, 9.17) is 0 Å². The molecule has 1 saturated carbocycles. The Balaban J connectivity index is 1.44. The number of hydrogen-bond acceptors (Lipinski definition) is 3. The highest BCUT2D eigenvalue weighted by molar-refractivity contribution is 5.91. The molecule has 2 fully saturated rings. The van der Waals surface area contributed by atoms with Crippen LogP contribution in [0.25, 0.3) is 6.08 Å². The zero-order chi connectivity index (χ0) is 19.4. The molecule has 1 aromatic rings. The van der Waals surface area contributed by atoms with Crippen LogP contribution in [0.4, 0.5) is 0 Å². The maximum absolute atomic E-state index is 12.4. The van der Waals surface area contributed by atoms with Crippen molar-refractivity contribution in [3.63, 3.8) is 0 Å². The topological polar surface area (TPSA) is 52.7 Å². The fourth-order valence-electron chi connectivity index (χ4n) is 3.20. The molecule has 5 heteroatoms. The van der Waals surface area contributed by atoms with E-state index < -0.39 is 0 Å². The Morgan fingerprint density at radius 3 is 2.26 bits per heavy atom. The Hall–Kier alpha value is -2.14. The predicted molar refractivity (Wildman–Crippen MR) is 108 cm³/mol. The number of rotatable bonds is 5. The van der Waals surface area contributed by atoms with E-state index in [0.29, 0.717) is 25.7 Å². The van der Waals surface area contributed by atoms with Gasteiger partial charge in [0.2, 0.25) is 11.8 Å². The smallest absolute Gasteiger partial charge is 0.246 e. The molecule has 0 aromatic heterocycles. The van der Waals surface area contributed by atoms with Gasteiger partial charge in [-0.15, -0.1) is 0 Å². The molecule has 1 saturated heterocycles. The standard InChI is InChI=1S/C22H31N3O2/c1-22(2,3)18-7-4-17(5-8-18)6-11-21(27)25-14-12-24(13-15-25)16-20(26)23-19-9-10-19/h4-8,11,19H,9-10,12-16H2,1-3H3,(H,23,26)/b11-6-. The van der Waals surface area contributed by atoms with Crippen LogP contribution in [0.2, 0.25) is 0 Å². The summed E-state index contributed by atoms with van der Waals surface area (Å²) in [4.78, 5) is 28.3. The maximum Gasteiger partial charge on any atom is 0.246 e. The van der Waals surface area contributed by atoms with E-state index in [2.05, 4.69) is 55.3 Å². The quantitative estimate of drug-likeness (QED) is 0.811. The van der Waals surface area contributed by atoms with Crippen LogP contribution in [0.15, 0.2) is 30.3 Å². The van der Waals surface area contributed by atoms with Gasteiger partial charge in [-0.2, -0.15) is 0 Å². The summed E-state index contributed by atoms with van der Waals surface area (Å²) < 4.78 is 0. The number of nitrogens with zero attached hydrogens (tertiary/aromatic N) is 2. The van der Waals surface area contributed by atoms with Crippen molar-refractivity contribution in [1.82, 2.24) is 15.1 Å². The fourth-order valence-corrected chi connectivity index (χ4v) is 3.20. The van der Waals surface area contributed by atoms with Crippen LogP contribution in [-0.2, 0) is 15.0 Å². The normalized spacial score (nSPS) is 18.7. The lowest BCUT2D eigenvalue weighted by Gasteiger charge is -2.33. The number of benzene rings is 1. The number of amides is 2. The van der Waals surface area contributed by atoms with Crippen molar-refractivity contribution in [2.45, 2.75) is 45.1 Å². The van der Waals surface area contributed by atoms with E-state index in [1.807, 2.05) is 11.0 Å². The van der Waals surface area contributed by atoms with Crippen LogP contribution in [0.3, 0.4) is 0 Å². The van der Waals surface area contributed by atoms with Gasteiger partial charge in [0.05, 0.1) is 6.54 Å². The molecule has 1 aliphatic heterocycles.